The van der Waals surface area contributed by atoms with E-state index < -0.39 is 0 Å². The van der Waals surface area contributed by atoms with Gasteiger partial charge in [0, 0.05) is 42.6 Å². The molecule has 188 valence electrons. The zero-order chi connectivity index (χ0) is 23.8. The van der Waals surface area contributed by atoms with Crippen molar-refractivity contribution < 1.29 is 9.47 Å². The van der Waals surface area contributed by atoms with Gasteiger partial charge in [-0.2, -0.15) is 0 Å². The van der Waals surface area contributed by atoms with Gasteiger partial charge in [-0.3, -0.25) is 4.98 Å². The zero-order valence-electron chi connectivity index (χ0n) is 21.1. The van der Waals surface area contributed by atoms with Crippen LogP contribution in [0.3, 0.4) is 0 Å². The summed E-state index contributed by atoms with van der Waals surface area (Å²) in [5, 5.41) is 7.13. The molecule has 0 spiro atoms. The van der Waals surface area contributed by atoms with Crippen molar-refractivity contribution in [2.75, 3.05) is 62.7 Å². The Hall–Kier alpha value is -2.42. The highest BCUT2D eigenvalue weighted by Gasteiger charge is 2.31. The van der Waals surface area contributed by atoms with Gasteiger partial charge in [-0.15, -0.1) is 0 Å². The summed E-state index contributed by atoms with van der Waals surface area (Å²) < 4.78 is 12.1. The first-order valence-electron chi connectivity index (χ1n) is 13.4. The first-order valence-corrected chi connectivity index (χ1v) is 13.4. The fourth-order valence-electron chi connectivity index (χ4n) is 6.27. The van der Waals surface area contributed by atoms with E-state index in [1.807, 2.05) is 6.20 Å². The second-order valence-electron chi connectivity index (χ2n) is 10.4. The number of hydrogen-bond acceptors (Lipinski definition) is 8. The number of fused-ring (bicyclic) bond motifs is 2. The van der Waals surface area contributed by atoms with Gasteiger partial charge in [0.2, 0.25) is 0 Å². The Bertz CT molecular complexity index is 1040. The van der Waals surface area contributed by atoms with Crippen molar-refractivity contribution in [3.05, 3.63) is 35.3 Å². The second kappa shape index (κ2) is 9.91. The fraction of sp³-hybridized carbons (Fsp3) is 0.630. The van der Waals surface area contributed by atoms with Crippen molar-refractivity contribution in [3.8, 4) is 5.75 Å². The molecule has 6 heterocycles. The van der Waals surface area contributed by atoms with Crippen molar-refractivity contribution in [3.63, 3.8) is 0 Å². The molecule has 0 unspecified atom stereocenters. The van der Waals surface area contributed by atoms with Crippen molar-refractivity contribution in [1.29, 1.82) is 0 Å². The third-order valence-electron chi connectivity index (χ3n) is 8.21. The summed E-state index contributed by atoms with van der Waals surface area (Å²) >= 11 is 0. The Morgan fingerprint density at radius 2 is 1.80 bits per heavy atom. The predicted molar refractivity (Wildman–Crippen MR) is 138 cm³/mol. The van der Waals surface area contributed by atoms with E-state index in [-0.39, 0.29) is 6.10 Å². The molecule has 2 aromatic heterocycles. The molecule has 2 aromatic rings. The molecule has 8 nitrogen and oxygen atoms in total. The van der Waals surface area contributed by atoms with Crippen LogP contribution in [-0.4, -0.2) is 73.4 Å². The topological polar surface area (TPSA) is 74.8 Å². The minimum absolute atomic E-state index is 0.120. The van der Waals surface area contributed by atoms with E-state index >= 15 is 0 Å². The molecule has 2 N–H and O–H groups in total. The zero-order valence-corrected chi connectivity index (χ0v) is 21.1. The van der Waals surface area contributed by atoms with Crippen LogP contribution in [0.15, 0.2) is 18.3 Å². The molecule has 0 aliphatic carbocycles. The van der Waals surface area contributed by atoms with Gasteiger partial charge < -0.3 is 29.9 Å². The molecule has 0 amide bonds. The van der Waals surface area contributed by atoms with Gasteiger partial charge in [-0.05, 0) is 77.8 Å². The number of piperidine rings is 2. The van der Waals surface area contributed by atoms with E-state index in [0.29, 0.717) is 5.92 Å². The van der Waals surface area contributed by atoms with Gasteiger partial charge in [0.25, 0.3) is 0 Å². The van der Waals surface area contributed by atoms with Crippen LogP contribution in [0.4, 0.5) is 17.2 Å². The fourth-order valence-corrected chi connectivity index (χ4v) is 6.27. The highest BCUT2D eigenvalue weighted by atomic mass is 16.5. The predicted octanol–water partition coefficient (Wildman–Crippen LogP) is 3.75. The number of pyridine rings is 2. The average Bonchev–Trinajstić information content (AvgIpc) is 3.06. The maximum atomic E-state index is 6.55. The summed E-state index contributed by atoms with van der Waals surface area (Å²) in [6, 6.07) is 5.07. The molecule has 0 bridgehead atoms. The van der Waals surface area contributed by atoms with E-state index in [0.717, 1.165) is 73.9 Å². The van der Waals surface area contributed by atoms with E-state index in [1.54, 1.807) is 0 Å². The molecule has 1 atom stereocenters. The Morgan fingerprint density at radius 3 is 2.57 bits per heavy atom. The lowest BCUT2D eigenvalue weighted by Gasteiger charge is -2.39. The molecular formula is C27H38N6O2. The van der Waals surface area contributed by atoms with Crippen LogP contribution < -0.4 is 20.3 Å². The average molecular weight is 479 g/mol. The van der Waals surface area contributed by atoms with Gasteiger partial charge in [-0.25, -0.2) is 4.98 Å². The molecule has 4 aliphatic rings. The summed E-state index contributed by atoms with van der Waals surface area (Å²) in [5.74, 6) is 2.23. The summed E-state index contributed by atoms with van der Waals surface area (Å²) in [6.07, 6.45) is 6.67. The number of nitrogens with one attached hydrogen (secondary N) is 2. The number of ether oxygens (including phenoxy) is 2. The lowest BCUT2D eigenvalue weighted by atomic mass is 9.90. The van der Waals surface area contributed by atoms with Gasteiger partial charge in [0.1, 0.15) is 11.9 Å². The normalized spacial score (nSPS) is 24.2. The monoisotopic (exact) mass is 478 g/mol. The maximum Gasteiger partial charge on any atom is 0.164 e. The Kier molecular flexibility index (Phi) is 6.52. The molecule has 3 fully saturated rings. The Labute approximate surface area is 208 Å². The molecule has 35 heavy (non-hydrogen) atoms. The molecular weight excluding hydrogens is 440 g/mol. The summed E-state index contributed by atoms with van der Waals surface area (Å²) in [6.45, 7) is 12.1. The van der Waals surface area contributed by atoms with Gasteiger partial charge in [0.05, 0.1) is 30.2 Å². The number of morpholine rings is 1. The minimum Gasteiger partial charge on any atom is -0.482 e. The number of rotatable bonds is 3. The Balaban J connectivity index is 1.24. The van der Waals surface area contributed by atoms with Gasteiger partial charge >= 0.3 is 0 Å². The number of likely N-dealkylation sites (tertiary alicyclic amines) is 1. The van der Waals surface area contributed by atoms with E-state index in [2.05, 4.69) is 46.4 Å². The number of aryl methyl sites for hydroxylation is 1. The largest absolute Gasteiger partial charge is 0.482 e. The van der Waals surface area contributed by atoms with Gasteiger partial charge in [0.15, 0.2) is 5.75 Å². The molecule has 0 radical (unpaired) electrons. The SMILES string of the molecule is Cc1nc(C2CCN(C3CCNCC3)CC2)cc2c1O[C@H](C)c1c(N3CCOCC3)ccnc1N2. The molecule has 4 aliphatic heterocycles. The van der Waals surface area contributed by atoms with E-state index in [9.17, 15) is 0 Å². The quantitative estimate of drug-likeness (QED) is 0.691. The summed E-state index contributed by atoms with van der Waals surface area (Å²) in [5.41, 5.74) is 5.43. The molecule has 6 rings (SSSR count). The highest BCUT2D eigenvalue weighted by molar-refractivity contribution is 5.74. The molecule has 0 aromatic carbocycles. The Morgan fingerprint density at radius 1 is 1.03 bits per heavy atom. The summed E-state index contributed by atoms with van der Waals surface area (Å²) in [7, 11) is 0. The maximum absolute atomic E-state index is 6.55. The molecule has 0 saturated carbocycles. The first-order chi connectivity index (χ1) is 17.2. The van der Waals surface area contributed by atoms with Crippen LogP contribution >= 0.6 is 0 Å². The lowest BCUT2D eigenvalue weighted by Crippen LogP contribution is -2.46. The number of nitrogens with zero attached hydrogens (tertiary/aromatic N) is 4. The minimum atomic E-state index is -0.120. The smallest absolute Gasteiger partial charge is 0.164 e. The third kappa shape index (κ3) is 4.59. The summed E-state index contributed by atoms with van der Waals surface area (Å²) in [4.78, 5) is 14.9. The van der Waals surface area contributed by atoms with Crippen LogP contribution in [0, 0.1) is 6.92 Å². The van der Waals surface area contributed by atoms with Crippen LogP contribution in [0.5, 0.6) is 5.75 Å². The van der Waals surface area contributed by atoms with Crippen LogP contribution in [0.2, 0.25) is 0 Å². The number of hydrogen-bond donors (Lipinski definition) is 2. The standard InChI is InChI=1S/C27H38N6O2/c1-18-26-23(17-22(30-18)20-6-11-32(12-7-20)21-3-8-28-9-4-21)31-27-25(19(2)35-26)24(5-10-29-27)33-13-15-34-16-14-33/h5,10,17,19-21,28H,3-4,6-9,11-16H2,1-2H3,(H,29,31)/t19-/m1/s1. The van der Waals surface area contributed by atoms with E-state index in [4.69, 9.17) is 19.4 Å². The van der Waals surface area contributed by atoms with Crippen LogP contribution in [0.25, 0.3) is 0 Å². The van der Waals surface area contributed by atoms with Crippen LogP contribution in [-0.2, 0) is 4.74 Å². The molecule has 8 heteroatoms. The number of aromatic nitrogens is 2. The van der Waals surface area contributed by atoms with Crippen molar-refractivity contribution >= 4 is 17.2 Å². The van der Waals surface area contributed by atoms with Gasteiger partial charge in [-0.1, -0.05) is 0 Å². The first kappa shape index (κ1) is 23.0. The second-order valence-corrected chi connectivity index (χ2v) is 10.4. The lowest BCUT2D eigenvalue weighted by molar-refractivity contribution is 0.122. The van der Waals surface area contributed by atoms with Crippen molar-refractivity contribution in [1.82, 2.24) is 20.2 Å². The van der Waals surface area contributed by atoms with Crippen LogP contribution in [0.1, 0.15) is 61.6 Å². The van der Waals surface area contributed by atoms with Crippen molar-refractivity contribution in [2.45, 2.75) is 57.6 Å². The number of anilines is 3. The van der Waals surface area contributed by atoms with Crippen molar-refractivity contribution in [2.24, 2.45) is 0 Å². The highest BCUT2D eigenvalue weighted by Crippen LogP contribution is 2.44. The van der Waals surface area contributed by atoms with E-state index in [1.165, 1.54) is 50.2 Å². The third-order valence-corrected chi connectivity index (χ3v) is 8.21. The molecule has 3 saturated heterocycles.